The van der Waals surface area contributed by atoms with E-state index in [1.54, 1.807) is 0 Å². The molecule has 0 bridgehead atoms. The molecular formula is C42H32O2. The van der Waals surface area contributed by atoms with Crippen LogP contribution in [0.5, 0.6) is 5.75 Å². The van der Waals surface area contributed by atoms with Crippen molar-refractivity contribution in [2.45, 2.75) is 11.8 Å². The van der Waals surface area contributed by atoms with Gasteiger partial charge in [0.1, 0.15) is 12.4 Å². The summed E-state index contributed by atoms with van der Waals surface area (Å²) >= 11 is 0. The molecule has 0 amide bonds. The molecule has 1 aliphatic carbocycles. The number of aliphatic hydroxyl groups excluding tert-OH is 1. The topological polar surface area (TPSA) is 29.5 Å². The number of rotatable bonds is 6. The highest BCUT2D eigenvalue weighted by Crippen LogP contribution is 2.46. The van der Waals surface area contributed by atoms with Gasteiger partial charge in [0, 0.05) is 11.0 Å². The molecule has 0 aliphatic heterocycles. The Morgan fingerprint density at radius 3 is 1.82 bits per heavy atom. The summed E-state index contributed by atoms with van der Waals surface area (Å²) in [5.41, 5.74) is 4.42. The molecule has 0 unspecified atom stereocenters. The number of benzene rings is 7. The minimum atomic E-state index is -0.442. The summed E-state index contributed by atoms with van der Waals surface area (Å²) in [6, 6.07) is 52.6. The number of ether oxygens (including phenoxy) is 1. The van der Waals surface area contributed by atoms with Crippen molar-refractivity contribution in [1.82, 2.24) is 0 Å². The van der Waals surface area contributed by atoms with Crippen molar-refractivity contribution in [2.75, 3.05) is 13.2 Å². The summed E-state index contributed by atoms with van der Waals surface area (Å²) in [7, 11) is 0. The molecule has 7 aromatic rings. The number of hydrogen-bond acceptors (Lipinski definition) is 2. The minimum absolute atomic E-state index is 0.0376. The van der Waals surface area contributed by atoms with Crippen LogP contribution < -0.4 is 15.2 Å². The average Bonchev–Trinajstić information content (AvgIpc) is 3.09. The van der Waals surface area contributed by atoms with Crippen LogP contribution >= 0.6 is 0 Å². The SMILES string of the molecule is OCCOc1ccc2ccccc2c1C1=c2ccccc2=CC(c2ccc3ccccc3c2)(c2ccc3ccccc3c2)C1. The number of fused-ring (bicyclic) bond motifs is 4. The molecule has 7 aromatic carbocycles. The Hall–Kier alpha value is -5.18. The van der Waals surface area contributed by atoms with Gasteiger partial charge in [0.05, 0.1) is 6.61 Å². The van der Waals surface area contributed by atoms with Crippen LogP contribution in [0.2, 0.25) is 0 Å². The molecule has 0 atom stereocenters. The van der Waals surface area contributed by atoms with Crippen LogP contribution in [0, 0.1) is 0 Å². The molecule has 0 radical (unpaired) electrons. The molecule has 0 heterocycles. The van der Waals surface area contributed by atoms with Crippen molar-refractivity contribution in [3.05, 3.63) is 173 Å². The molecular weight excluding hydrogens is 536 g/mol. The third-order valence-corrected chi connectivity index (χ3v) is 9.21. The molecule has 0 saturated heterocycles. The third-order valence-electron chi connectivity index (χ3n) is 9.21. The van der Waals surface area contributed by atoms with Gasteiger partial charge in [-0.3, -0.25) is 0 Å². The van der Waals surface area contributed by atoms with E-state index in [1.807, 2.05) is 0 Å². The predicted octanol–water partition coefficient (Wildman–Crippen LogP) is 7.89. The van der Waals surface area contributed by atoms with E-state index in [0.29, 0.717) is 0 Å². The van der Waals surface area contributed by atoms with E-state index in [0.717, 1.165) is 23.1 Å². The van der Waals surface area contributed by atoms with Gasteiger partial charge >= 0.3 is 0 Å². The molecule has 44 heavy (non-hydrogen) atoms. The van der Waals surface area contributed by atoms with Crippen molar-refractivity contribution in [3.8, 4) is 5.75 Å². The Morgan fingerprint density at radius 1 is 0.568 bits per heavy atom. The first-order chi connectivity index (χ1) is 21.7. The first-order valence-electron chi connectivity index (χ1n) is 15.3. The molecule has 2 heteroatoms. The quantitative estimate of drug-likeness (QED) is 0.221. The average molecular weight is 569 g/mol. The molecule has 212 valence electrons. The van der Waals surface area contributed by atoms with Gasteiger partial charge in [0.2, 0.25) is 0 Å². The normalized spacial score (nSPS) is 14.0. The van der Waals surface area contributed by atoms with Crippen molar-refractivity contribution >= 4 is 44.0 Å². The predicted molar refractivity (Wildman–Crippen MR) is 182 cm³/mol. The largest absolute Gasteiger partial charge is 0.491 e. The van der Waals surface area contributed by atoms with Gasteiger partial charge in [-0.25, -0.2) is 0 Å². The molecule has 0 spiro atoms. The van der Waals surface area contributed by atoms with Gasteiger partial charge in [-0.15, -0.1) is 0 Å². The highest BCUT2D eigenvalue weighted by molar-refractivity contribution is 5.98. The molecule has 1 N–H and O–H groups in total. The maximum atomic E-state index is 9.72. The fourth-order valence-corrected chi connectivity index (χ4v) is 7.12. The summed E-state index contributed by atoms with van der Waals surface area (Å²) in [4.78, 5) is 0. The second kappa shape index (κ2) is 10.8. The summed E-state index contributed by atoms with van der Waals surface area (Å²) in [6.45, 7) is 0.205. The van der Waals surface area contributed by atoms with Gasteiger partial charge < -0.3 is 9.84 Å². The van der Waals surface area contributed by atoms with Crippen LogP contribution in [-0.2, 0) is 5.41 Å². The first-order valence-corrected chi connectivity index (χ1v) is 15.3. The summed E-state index contributed by atoms with van der Waals surface area (Å²) in [6.07, 6.45) is 3.24. The van der Waals surface area contributed by atoms with Crippen molar-refractivity contribution in [1.29, 1.82) is 0 Å². The van der Waals surface area contributed by atoms with Gasteiger partial charge in [-0.05, 0) is 84.1 Å². The van der Waals surface area contributed by atoms with E-state index in [9.17, 15) is 5.11 Å². The fourth-order valence-electron chi connectivity index (χ4n) is 7.12. The van der Waals surface area contributed by atoms with Crippen LogP contribution in [0.1, 0.15) is 23.1 Å². The number of aliphatic hydroxyl groups is 1. The van der Waals surface area contributed by atoms with Gasteiger partial charge in [0.25, 0.3) is 0 Å². The Morgan fingerprint density at radius 2 is 1.14 bits per heavy atom. The standard InChI is InChI=1S/C42H32O2/c43-23-24-44-40-22-19-31-11-5-8-16-38(31)41(40)39-28-42(27-34-14-6-7-15-37(34)39,35-20-17-29-9-1-3-12-32(29)25-35)36-21-18-30-10-2-4-13-33(30)26-36/h1-22,25-27,43H,23-24,28H2. The lowest BCUT2D eigenvalue weighted by Crippen LogP contribution is -2.40. The Bertz CT molecular complexity index is 2230. The molecule has 0 aromatic heterocycles. The Labute approximate surface area is 256 Å². The van der Waals surface area contributed by atoms with Gasteiger partial charge in [-0.1, -0.05) is 133 Å². The van der Waals surface area contributed by atoms with E-state index in [4.69, 9.17) is 4.74 Å². The first kappa shape index (κ1) is 26.4. The van der Waals surface area contributed by atoms with E-state index in [2.05, 4.69) is 152 Å². The highest BCUT2D eigenvalue weighted by Gasteiger charge is 2.37. The maximum Gasteiger partial charge on any atom is 0.127 e. The second-order valence-corrected chi connectivity index (χ2v) is 11.7. The fraction of sp³-hybridized carbons (Fsp3) is 0.0952. The lowest BCUT2D eigenvalue weighted by molar-refractivity contribution is 0.201. The van der Waals surface area contributed by atoms with Crippen molar-refractivity contribution < 1.29 is 9.84 Å². The Balaban J connectivity index is 1.47. The zero-order chi connectivity index (χ0) is 29.5. The van der Waals surface area contributed by atoms with Crippen molar-refractivity contribution in [3.63, 3.8) is 0 Å². The summed E-state index contributed by atoms with van der Waals surface area (Å²) in [5.74, 6) is 0.801. The molecule has 0 fully saturated rings. The second-order valence-electron chi connectivity index (χ2n) is 11.7. The van der Waals surface area contributed by atoms with Gasteiger partial charge in [0.15, 0.2) is 0 Å². The highest BCUT2D eigenvalue weighted by atomic mass is 16.5. The summed E-state index contributed by atoms with van der Waals surface area (Å²) in [5, 5.41) is 19.4. The molecule has 1 aliphatic rings. The molecule has 0 saturated carbocycles. The zero-order valence-corrected chi connectivity index (χ0v) is 24.4. The summed E-state index contributed by atoms with van der Waals surface area (Å²) < 4.78 is 6.28. The monoisotopic (exact) mass is 568 g/mol. The molecule has 2 nitrogen and oxygen atoms in total. The van der Waals surface area contributed by atoms with Crippen LogP contribution in [0.4, 0.5) is 0 Å². The van der Waals surface area contributed by atoms with E-state index >= 15 is 0 Å². The number of hydrogen-bond donors (Lipinski definition) is 1. The van der Waals surface area contributed by atoms with Crippen LogP contribution in [0.15, 0.2) is 146 Å². The zero-order valence-electron chi connectivity index (χ0n) is 24.4. The van der Waals surface area contributed by atoms with Crippen LogP contribution in [0.25, 0.3) is 44.0 Å². The van der Waals surface area contributed by atoms with Crippen LogP contribution in [0.3, 0.4) is 0 Å². The van der Waals surface area contributed by atoms with E-state index in [1.165, 1.54) is 54.1 Å². The van der Waals surface area contributed by atoms with E-state index < -0.39 is 5.41 Å². The van der Waals surface area contributed by atoms with E-state index in [-0.39, 0.29) is 13.2 Å². The van der Waals surface area contributed by atoms with Gasteiger partial charge in [-0.2, -0.15) is 0 Å². The maximum absolute atomic E-state index is 9.72. The van der Waals surface area contributed by atoms with Crippen molar-refractivity contribution in [2.24, 2.45) is 0 Å². The lowest BCUT2D eigenvalue weighted by atomic mass is 9.66. The smallest absolute Gasteiger partial charge is 0.127 e. The Kier molecular flexibility index (Phi) is 6.51. The third kappa shape index (κ3) is 4.38. The van der Waals surface area contributed by atoms with Crippen LogP contribution in [-0.4, -0.2) is 18.3 Å². The minimum Gasteiger partial charge on any atom is -0.491 e. The molecule has 8 rings (SSSR count). The lowest BCUT2D eigenvalue weighted by Gasteiger charge is -2.37.